The van der Waals surface area contributed by atoms with E-state index in [9.17, 15) is 0 Å². The molecule has 0 amide bonds. The van der Waals surface area contributed by atoms with Crippen LogP contribution < -0.4 is 0 Å². The molecule has 2 aromatic rings. The van der Waals surface area contributed by atoms with Crippen molar-refractivity contribution in [1.82, 2.24) is 14.8 Å². The zero-order chi connectivity index (χ0) is 12.0. The van der Waals surface area contributed by atoms with E-state index in [1.54, 1.807) is 12.4 Å². The summed E-state index contributed by atoms with van der Waals surface area (Å²) < 4.78 is 2.04. The summed E-state index contributed by atoms with van der Waals surface area (Å²) in [4.78, 5) is 4.01. The van der Waals surface area contributed by atoms with Crippen LogP contribution in [0, 0.1) is 5.41 Å². The zero-order valence-corrected chi connectivity index (χ0v) is 10.7. The summed E-state index contributed by atoms with van der Waals surface area (Å²) in [5, 5.41) is 5.41. The molecule has 0 radical (unpaired) electrons. The first-order valence-electron chi connectivity index (χ1n) is 5.72. The summed E-state index contributed by atoms with van der Waals surface area (Å²) in [7, 11) is 0. The largest absolute Gasteiger partial charge is 0.267 e. The summed E-state index contributed by atoms with van der Waals surface area (Å²) in [6.45, 7) is 5.42. The summed E-state index contributed by atoms with van der Waals surface area (Å²) in [5.41, 5.74) is 3.33. The average molecular weight is 248 g/mol. The number of hydrogen-bond acceptors (Lipinski definition) is 2. The Kier molecular flexibility index (Phi) is 2.26. The van der Waals surface area contributed by atoms with Crippen LogP contribution in [0.1, 0.15) is 19.5 Å². The molecule has 0 N–H and O–H groups in total. The van der Waals surface area contributed by atoms with Gasteiger partial charge in [-0.2, -0.15) is 5.10 Å². The Labute approximate surface area is 105 Å². The van der Waals surface area contributed by atoms with Crippen LogP contribution in [0.5, 0.6) is 0 Å². The number of nitrogens with zero attached hydrogens (tertiary/aromatic N) is 3. The van der Waals surface area contributed by atoms with Crippen molar-refractivity contribution in [3.05, 3.63) is 35.2 Å². The molecule has 0 fully saturated rings. The number of fused-ring (bicyclic) bond motifs is 1. The van der Waals surface area contributed by atoms with E-state index in [1.807, 2.05) is 16.8 Å². The Balaban J connectivity index is 2.07. The van der Waals surface area contributed by atoms with Crippen LogP contribution >= 0.6 is 11.6 Å². The topological polar surface area (TPSA) is 30.7 Å². The fourth-order valence-electron chi connectivity index (χ4n) is 2.38. The van der Waals surface area contributed by atoms with Gasteiger partial charge in [-0.1, -0.05) is 25.4 Å². The fourth-order valence-corrected chi connectivity index (χ4v) is 2.69. The maximum absolute atomic E-state index is 6.43. The Bertz CT molecular complexity index is 558. The van der Waals surface area contributed by atoms with Gasteiger partial charge in [0.05, 0.1) is 10.7 Å². The van der Waals surface area contributed by atoms with Crippen molar-refractivity contribution in [3.63, 3.8) is 0 Å². The van der Waals surface area contributed by atoms with Crippen LogP contribution in [-0.4, -0.2) is 14.8 Å². The molecule has 0 atom stereocenters. The van der Waals surface area contributed by atoms with Gasteiger partial charge in [0.2, 0.25) is 0 Å². The molecule has 0 bridgehead atoms. The molecule has 1 aliphatic heterocycles. The van der Waals surface area contributed by atoms with Crippen molar-refractivity contribution >= 4 is 11.6 Å². The van der Waals surface area contributed by atoms with Gasteiger partial charge in [-0.05, 0) is 24.0 Å². The Morgan fingerprint density at radius 3 is 2.65 bits per heavy atom. The highest BCUT2D eigenvalue weighted by atomic mass is 35.5. The van der Waals surface area contributed by atoms with Crippen LogP contribution in [0.2, 0.25) is 5.02 Å². The van der Waals surface area contributed by atoms with Crippen molar-refractivity contribution < 1.29 is 0 Å². The summed E-state index contributed by atoms with van der Waals surface area (Å²) in [6, 6.07) is 3.88. The van der Waals surface area contributed by atoms with E-state index in [-0.39, 0.29) is 5.41 Å². The van der Waals surface area contributed by atoms with Crippen molar-refractivity contribution in [3.8, 4) is 11.3 Å². The summed E-state index contributed by atoms with van der Waals surface area (Å²) in [6.07, 6.45) is 4.52. The molecule has 3 heterocycles. The van der Waals surface area contributed by atoms with E-state index < -0.39 is 0 Å². The molecule has 0 spiro atoms. The van der Waals surface area contributed by atoms with Gasteiger partial charge >= 0.3 is 0 Å². The molecule has 3 nitrogen and oxygen atoms in total. The Morgan fingerprint density at radius 1 is 1.29 bits per heavy atom. The van der Waals surface area contributed by atoms with E-state index in [4.69, 9.17) is 11.6 Å². The Morgan fingerprint density at radius 2 is 2.00 bits per heavy atom. The molecule has 0 saturated heterocycles. The highest BCUT2D eigenvalue weighted by Gasteiger charge is 2.33. The predicted molar refractivity (Wildman–Crippen MR) is 68.0 cm³/mol. The third kappa shape index (κ3) is 1.75. The lowest BCUT2D eigenvalue weighted by Crippen LogP contribution is -2.13. The van der Waals surface area contributed by atoms with Crippen LogP contribution in [-0.2, 0) is 13.0 Å². The lowest BCUT2D eigenvalue weighted by atomic mass is 9.91. The lowest BCUT2D eigenvalue weighted by Gasteiger charge is -2.14. The van der Waals surface area contributed by atoms with Gasteiger partial charge in [0.1, 0.15) is 5.69 Å². The molecule has 88 valence electrons. The first-order valence-corrected chi connectivity index (χ1v) is 6.10. The normalized spacial score (nSPS) is 17.1. The van der Waals surface area contributed by atoms with E-state index in [1.165, 1.54) is 0 Å². The van der Waals surface area contributed by atoms with E-state index >= 15 is 0 Å². The SMILES string of the molecule is CC1(C)Cc2c(Cl)c(-c3ccncc3)nn2C1. The summed E-state index contributed by atoms with van der Waals surface area (Å²) >= 11 is 6.43. The molecular formula is C13H14ClN3. The highest BCUT2D eigenvalue weighted by Crippen LogP contribution is 2.39. The minimum atomic E-state index is 0.267. The van der Waals surface area contributed by atoms with E-state index in [2.05, 4.69) is 23.9 Å². The molecule has 0 unspecified atom stereocenters. The summed E-state index contributed by atoms with van der Waals surface area (Å²) in [5.74, 6) is 0. The van der Waals surface area contributed by atoms with Crippen molar-refractivity contribution in [2.45, 2.75) is 26.8 Å². The molecule has 0 aliphatic carbocycles. The second-order valence-electron chi connectivity index (χ2n) is 5.34. The highest BCUT2D eigenvalue weighted by molar-refractivity contribution is 6.33. The van der Waals surface area contributed by atoms with Crippen LogP contribution in [0.3, 0.4) is 0 Å². The second-order valence-corrected chi connectivity index (χ2v) is 5.72. The third-order valence-electron chi connectivity index (χ3n) is 3.17. The number of aromatic nitrogens is 3. The first kappa shape index (κ1) is 10.8. The van der Waals surface area contributed by atoms with Crippen LogP contribution in [0.4, 0.5) is 0 Å². The van der Waals surface area contributed by atoms with Gasteiger partial charge in [0, 0.05) is 24.5 Å². The minimum absolute atomic E-state index is 0.267. The average Bonchev–Trinajstić information content (AvgIpc) is 2.75. The minimum Gasteiger partial charge on any atom is -0.267 e. The fraction of sp³-hybridized carbons (Fsp3) is 0.385. The zero-order valence-electron chi connectivity index (χ0n) is 9.94. The monoisotopic (exact) mass is 247 g/mol. The Hall–Kier alpha value is -1.35. The molecule has 0 aromatic carbocycles. The smallest absolute Gasteiger partial charge is 0.111 e. The quantitative estimate of drug-likeness (QED) is 0.775. The molecular weight excluding hydrogens is 234 g/mol. The lowest BCUT2D eigenvalue weighted by molar-refractivity contribution is 0.347. The number of rotatable bonds is 1. The van der Waals surface area contributed by atoms with Gasteiger partial charge in [-0.15, -0.1) is 0 Å². The number of hydrogen-bond donors (Lipinski definition) is 0. The molecule has 0 saturated carbocycles. The van der Waals surface area contributed by atoms with Crippen LogP contribution in [0.25, 0.3) is 11.3 Å². The molecule has 17 heavy (non-hydrogen) atoms. The number of pyridine rings is 1. The maximum atomic E-state index is 6.43. The van der Waals surface area contributed by atoms with Gasteiger partial charge in [0.25, 0.3) is 0 Å². The van der Waals surface area contributed by atoms with Crippen molar-refractivity contribution in [2.24, 2.45) is 5.41 Å². The molecule has 4 heteroatoms. The van der Waals surface area contributed by atoms with E-state index in [0.29, 0.717) is 0 Å². The van der Waals surface area contributed by atoms with E-state index in [0.717, 1.165) is 34.9 Å². The third-order valence-corrected chi connectivity index (χ3v) is 3.57. The number of halogens is 1. The first-order chi connectivity index (χ1) is 8.07. The molecule has 2 aromatic heterocycles. The predicted octanol–water partition coefficient (Wildman–Crippen LogP) is 3.18. The van der Waals surface area contributed by atoms with Crippen molar-refractivity contribution in [2.75, 3.05) is 0 Å². The van der Waals surface area contributed by atoms with Gasteiger partial charge < -0.3 is 0 Å². The molecule has 3 rings (SSSR count). The van der Waals surface area contributed by atoms with Gasteiger partial charge in [-0.3, -0.25) is 9.67 Å². The van der Waals surface area contributed by atoms with Gasteiger partial charge in [0.15, 0.2) is 0 Å². The van der Waals surface area contributed by atoms with Gasteiger partial charge in [-0.25, -0.2) is 0 Å². The standard InChI is InChI=1S/C13H14ClN3/c1-13(2)7-10-11(14)12(16-17(10)8-13)9-3-5-15-6-4-9/h3-6H,7-8H2,1-2H3. The second kappa shape index (κ2) is 3.57. The van der Waals surface area contributed by atoms with Crippen molar-refractivity contribution in [1.29, 1.82) is 0 Å². The maximum Gasteiger partial charge on any atom is 0.111 e. The van der Waals surface area contributed by atoms with Crippen LogP contribution in [0.15, 0.2) is 24.5 Å². The molecule has 1 aliphatic rings.